The first-order valence-electron chi connectivity index (χ1n) is 7.95. The number of aromatic nitrogens is 4. The molecule has 0 radical (unpaired) electrons. The summed E-state index contributed by atoms with van der Waals surface area (Å²) in [5, 5.41) is 18.5. The summed E-state index contributed by atoms with van der Waals surface area (Å²) in [6.45, 7) is 2.82. The molecule has 0 saturated heterocycles. The minimum atomic E-state index is -0.0212. The summed E-state index contributed by atoms with van der Waals surface area (Å²) in [7, 11) is 0. The molecule has 0 aliphatic rings. The Hall–Kier alpha value is -2.51. The van der Waals surface area contributed by atoms with Crippen LogP contribution in [0.5, 0.6) is 0 Å². The Balaban J connectivity index is 2.03. The van der Waals surface area contributed by atoms with Crippen LogP contribution in [-0.2, 0) is 0 Å². The molecule has 3 rings (SSSR count). The lowest BCUT2D eigenvalue weighted by Gasteiger charge is -2.21. The zero-order chi connectivity index (χ0) is 16.9. The molecule has 2 aromatic heterocycles. The molecule has 1 aromatic carbocycles. The van der Waals surface area contributed by atoms with Gasteiger partial charge in [-0.15, -0.1) is 0 Å². The number of aliphatic hydroxyl groups excluding tert-OH is 2. The summed E-state index contributed by atoms with van der Waals surface area (Å²) < 4.78 is 2.01. The van der Waals surface area contributed by atoms with Crippen LogP contribution in [0.2, 0.25) is 0 Å². The first-order chi connectivity index (χ1) is 11.8. The zero-order valence-corrected chi connectivity index (χ0v) is 13.6. The molecule has 24 heavy (non-hydrogen) atoms. The maximum atomic E-state index is 9.25. The SMILES string of the molecule is C[C@@H](c1ccccc1)n1cnc2c(N(CCO)CCO)ncnc21. The van der Waals surface area contributed by atoms with Gasteiger partial charge in [0.05, 0.1) is 25.6 Å². The smallest absolute Gasteiger partial charge is 0.165 e. The van der Waals surface area contributed by atoms with Crippen LogP contribution in [-0.4, -0.2) is 56.0 Å². The average Bonchev–Trinajstić information content (AvgIpc) is 3.06. The second kappa shape index (κ2) is 7.37. The van der Waals surface area contributed by atoms with Gasteiger partial charge in [0.25, 0.3) is 0 Å². The van der Waals surface area contributed by atoms with Crippen molar-refractivity contribution in [3.63, 3.8) is 0 Å². The Labute approximate surface area is 140 Å². The fourth-order valence-electron chi connectivity index (χ4n) is 2.81. The van der Waals surface area contributed by atoms with E-state index in [4.69, 9.17) is 0 Å². The van der Waals surface area contributed by atoms with E-state index in [-0.39, 0.29) is 19.3 Å². The Morgan fingerprint density at radius 3 is 2.42 bits per heavy atom. The molecule has 0 aliphatic heterocycles. The van der Waals surface area contributed by atoms with E-state index in [0.29, 0.717) is 24.4 Å². The second-order valence-electron chi connectivity index (χ2n) is 5.54. The van der Waals surface area contributed by atoms with E-state index in [9.17, 15) is 10.2 Å². The van der Waals surface area contributed by atoms with Crippen molar-refractivity contribution in [3.8, 4) is 0 Å². The van der Waals surface area contributed by atoms with Gasteiger partial charge in [0, 0.05) is 13.1 Å². The van der Waals surface area contributed by atoms with Crippen molar-refractivity contribution < 1.29 is 10.2 Å². The predicted molar refractivity (Wildman–Crippen MR) is 92.0 cm³/mol. The highest BCUT2D eigenvalue weighted by Crippen LogP contribution is 2.26. The van der Waals surface area contributed by atoms with Crippen molar-refractivity contribution in [2.45, 2.75) is 13.0 Å². The zero-order valence-electron chi connectivity index (χ0n) is 13.6. The first kappa shape index (κ1) is 16.4. The molecule has 0 aliphatic carbocycles. The Morgan fingerprint density at radius 1 is 1.04 bits per heavy atom. The van der Waals surface area contributed by atoms with Crippen molar-refractivity contribution in [1.29, 1.82) is 0 Å². The minimum absolute atomic E-state index is 0.0212. The van der Waals surface area contributed by atoms with Crippen LogP contribution in [0.25, 0.3) is 11.2 Å². The molecule has 0 spiro atoms. The van der Waals surface area contributed by atoms with E-state index >= 15 is 0 Å². The lowest BCUT2D eigenvalue weighted by Crippen LogP contribution is -2.30. The molecular formula is C17H21N5O2. The Bertz CT molecular complexity index is 784. The van der Waals surface area contributed by atoms with E-state index < -0.39 is 0 Å². The van der Waals surface area contributed by atoms with Crippen LogP contribution in [0.3, 0.4) is 0 Å². The summed E-state index contributed by atoms with van der Waals surface area (Å²) in [5.41, 5.74) is 2.57. The van der Waals surface area contributed by atoms with Crippen LogP contribution in [0.4, 0.5) is 5.82 Å². The van der Waals surface area contributed by atoms with Gasteiger partial charge in [-0.05, 0) is 12.5 Å². The van der Waals surface area contributed by atoms with E-state index in [2.05, 4.69) is 34.0 Å². The van der Waals surface area contributed by atoms with E-state index in [1.807, 2.05) is 27.7 Å². The number of benzene rings is 1. The van der Waals surface area contributed by atoms with Crippen LogP contribution >= 0.6 is 0 Å². The van der Waals surface area contributed by atoms with E-state index in [0.717, 1.165) is 5.65 Å². The standard InChI is InChI=1S/C17H21N5O2/c1-13(14-5-3-2-4-6-14)22-12-20-15-16(18-11-19-17(15)22)21(7-9-23)8-10-24/h2-6,11-13,23-24H,7-10H2,1H3/t13-/m0/s1. The van der Waals surface area contributed by atoms with E-state index in [1.165, 1.54) is 11.9 Å². The molecule has 0 fully saturated rings. The number of fused-ring (bicyclic) bond motifs is 1. The first-order valence-corrected chi connectivity index (χ1v) is 7.95. The number of nitrogens with zero attached hydrogens (tertiary/aromatic N) is 5. The summed E-state index contributed by atoms with van der Waals surface area (Å²) in [5.74, 6) is 0.627. The summed E-state index contributed by atoms with van der Waals surface area (Å²) in [6, 6.07) is 10.2. The quantitative estimate of drug-likeness (QED) is 0.679. The lowest BCUT2D eigenvalue weighted by molar-refractivity contribution is 0.281. The molecular weight excluding hydrogens is 306 g/mol. The maximum Gasteiger partial charge on any atom is 0.165 e. The normalized spacial score (nSPS) is 12.5. The molecule has 2 N–H and O–H groups in total. The van der Waals surface area contributed by atoms with E-state index in [1.54, 1.807) is 6.33 Å². The summed E-state index contributed by atoms with van der Waals surface area (Å²) in [4.78, 5) is 15.0. The Morgan fingerprint density at radius 2 is 1.75 bits per heavy atom. The van der Waals surface area contributed by atoms with Crippen LogP contribution in [0.15, 0.2) is 43.0 Å². The number of aliphatic hydroxyl groups is 2. The molecule has 0 unspecified atom stereocenters. The molecule has 2 heterocycles. The van der Waals surface area contributed by atoms with Gasteiger partial charge >= 0.3 is 0 Å². The molecule has 7 nitrogen and oxygen atoms in total. The highest BCUT2D eigenvalue weighted by atomic mass is 16.3. The van der Waals surface area contributed by atoms with Gasteiger partial charge in [-0.1, -0.05) is 30.3 Å². The van der Waals surface area contributed by atoms with Gasteiger partial charge in [-0.25, -0.2) is 15.0 Å². The lowest BCUT2D eigenvalue weighted by atomic mass is 10.1. The van der Waals surface area contributed by atoms with Gasteiger partial charge in [-0.2, -0.15) is 0 Å². The predicted octanol–water partition coefficient (Wildman–Crippen LogP) is 1.23. The molecule has 0 bridgehead atoms. The molecule has 3 aromatic rings. The molecule has 1 atom stereocenters. The number of hydrogen-bond donors (Lipinski definition) is 2. The third-order valence-corrected chi connectivity index (χ3v) is 4.08. The van der Waals surface area contributed by atoms with Gasteiger partial charge in [0.1, 0.15) is 6.33 Å². The summed E-state index contributed by atoms with van der Waals surface area (Å²) >= 11 is 0. The number of imidazole rings is 1. The highest BCUT2D eigenvalue weighted by molar-refractivity contribution is 5.83. The van der Waals surface area contributed by atoms with Crippen molar-refractivity contribution in [2.75, 3.05) is 31.2 Å². The third kappa shape index (κ3) is 3.08. The van der Waals surface area contributed by atoms with Gasteiger partial charge in [-0.3, -0.25) is 0 Å². The Kier molecular flexibility index (Phi) is 5.02. The third-order valence-electron chi connectivity index (χ3n) is 4.08. The van der Waals surface area contributed by atoms with Gasteiger partial charge in [0.15, 0.2) is 17.0 Å². The van der Waals surface area contributed by atoms with Gasteiger partial charge < -0.3 is 19.7 Å². The van der Waals surface area contributed by atoms with Crippen LogP contribution in [0, 0.1) is 0 Å². The fraction of sp³-hybridized carbons (Fsp3) is 0.353. The van der Waals surface area contributed by atoms with Crippen LogP contribution < -0.4 is 4.90 Å². The largest absolute Gasteiger partial charge is 0.395 e. The van der Waals surface area contributed by atoms with Crippen molar-refractivity contribution >= 4 is 17.0 Å². The average molecular weight is 327 g/mol. The van der Waals surface area contributed by atoms with Crippen molar-refractivity contribution in [1.82, 2.24) is 19.5 Å². The highest BCUT2D eigenvalue weighted by Gasteiger charge is 2.18. The number of rotatable bonds is 7. The second-order valence-corrected chi connectivity index (χ2v) is 5.54. The molecule has 0 amide bonds. The van der Waals surface area contributed by atoms with Crippen LogP contribution in [0.1, 0.15) is 18.5 Å². The molecule has 0 saturated carbocycles. The molecule has 126 valence electrons. The molecule has 7 heteroatoms. The fourth-order valence-corrected chi connectivity index (χ4v) is 2.81. The monoisotopic (exact) mass is 327 g/mol. The van der Waals surface area contributed by atoms with Gasteiger partial charge in [0.2, 0.25) is 0 Å². The number of hydrogen-bond acceptors (Lipinski definition) is 6. The van der Waals surface area contributed by atoms with Crippen molar-refractivity contribution in [2.24, 2.45) is 0 Å². The minimum Gasteiger partial charge on any atom is -0.395 e. The topological polar surface area (TPSA) is 87.3 Å². The maximum absolute atomic E-state index is 9.25. The summed E-state index contributed by atoms with van der Waals surface area (Å²) in [6.07, 6.45) is 3.26. The van der Waals surface area contributed by atoms with Crippen molar-refractivity contribution in [3.05, 3.63) is 48.5 Å². The number of anilines is 1.